The lowest BCUT2D eigenvalue weighted by Gasteiger charge is -2.19. The first-order chi connectivity index (χ1) is 10.8. The minimum atomic E-state index is -0.719. The van der Waals surface area contributed by atoms with Crippen LogP contribution in [0.3, 0.4) is 0 Å². The number of carbonyl (C=O) groups excluding carboxylic acids is 1. The van der Waals surface area contributed by atoms with Crippen molar-refractivity contribution >= 4 is 11.6 Å². The molecule has 23 heavy (non-hydrogen) atoms. The van der Waals surface area contributed by atoms with E-state index in [-0.39, 0.29) is 11.3 Å². The van der Waals surface area contributed by atoms with Crippen LogP contribution < -0.4 is 15.8 Å². The second kappa shape index (κ2) is 6.84. The third-order valence-electron chi connectivity index (χ3n) is 3.78. The Morgan fingerprint density at radius 2 is 1.61 bits per heavy atom. The number of hydrogen-bond donors (Lipinski definition) is 2. The molecule has 0 aliphatic carbocycles. The SMILES string of the molecule is COc1ccc([C@H](N)C(=O)Nc2ccc(C(C)(C)C)cc2)cc1. The van der Waals surface area contributed by atoms with E-state index in [9.17, 15) is 4.79 Å². The van der Waals surface area contributed by atoms with Crippen molar-refractivity contribution in [3.8, 4) is 5.75 Å². The molecule has 0 spiro atoms. The summed E-state index contributed by atoms with van der Waals surface area (Å²) in [7, 11) is 1.60. The third-order valence-corrected chi connectivity index (χ3v) is 3.78. The number of nitrogens with one attached hydrogen (secondary N) is 1. The smallest absolute Gasteiger partial charge is 0.245 e. The van der Waals surface area contributed by atoms with Crippen molar-refractivity contribution in [1.82, 2.24) is 0 Å². The van der Waals surface area contributed by atoms with E-state index in [0.29, 0.717) is 0 Å². The summed E-state index contributed by atoms with van der Waals surface area (Å²) in [6, 6.07) is 14.3. The maximum atomic E-state index is 12.3. The molecule has 0 saturated heterocycles. The number of nitrogens with two attached hydrogens (primary N) is 1. The number of anilines is 1. The second-order valence-corrected chi connectivity index (χ2v) is 6.57. The van der Waals surface area contributed by atoms with Crippen molar-refractivity contribution in [2.24, 2.45) is 5.73 Å². The Kier molecular flexibility index (Phi) is 5.06. The van der Waals surface area contributed by atoms with Gasteiger partial charge in [-0.3, -0.25) is 4.79 Å². The fourth-order valence-corrected chi connectivity index (χ4v) is 2.24. The number of benzene rings is 2. The highest BCUT2D eigenvalue weighted by atomic mass is 16.5. The summed E-state index contributed by atoms with van der Waals surface area (Å²) in [5.74, 6) is 0.498. The molecule has 122 valence electrons. The molecular formula is C19H24N2O2. The average Bonchev–Trinajstić information content (AvgIpc) is 2.54. The van der Waals surface area contributed by atoms with Crippen LogP contribution in [0.4, 0.5) is 5.69 Å². The van der Waals surface area contributed by atoms with Gasteiger partial charge in [-0.15, -0.1) is 0 Å². The summed E-state index contributed by atoms with van der Waals surface area (Å²) in [6.45, 7) is 6.46. The molecule has 4 heteroatoms. The Bertz CT molecular complexity index is 655. The highest BCUT2D eigenvalue weighted by molar-refractivity contribution is 5.95. The average molecular weight is 312 g/mol. The quantitative estimate of drug-likeness (QED) is 0.906. The van der Waals surface area contributed by atoms with E-state index in [1.54, 1.807) is 31.4 Å². The number of ether oxygens (including phenoxy) is 1. The molecule has 1 atom stereocenters. The maximum absolute atomic E-state index is 12.3. The van der Waals surface area contributed by atoms with Crippen molar-refractivity contribution in [1.29, 1.82) is 0 Å². The van der Waals surface area contributed by atoms with Crippen LogP contribution >= 0.6 is 0 Å². The topological polar surface area (TPSA) is 64.3 Å². The zero-order valence-electron chi connectivity index (χ0n) is 14.1. The van der Waals surface area contributed by atoms with Crippen molar-refractivity contribution in [3.05, 3.63) is 59.7 Å². The van der Waals surface area contributed by atoms with Gasteiger partial charge in [0.2, 0.25) is 5.91 Å². The molecule has 2 aromatic rings. The van der Waals surface area contributed by atoms with Crippen LogP contribution in [-0.4, -0.2) is 13.0 Å². The molecule has 2 rings (SSSR count). The normalized spacial score (nSPS) is 12.6. The molecule has 0 aliphatic rings. The lowest BCUT2D eigenvalue weighted by atomic mass is 9.87. The van der Waals surface area contributed by atoms with Crippen LogP contribution in [0.5, 0.6) is 5.75 Å². The fourth-order valence-electron chi connectivity index (χ4n) is 2.24. The number of methoxy groups -OCH3 is 1. The first kappa shape index (κ1) is 17.0. The van der Waals surface area contributed by atoms with Gasteiger partial charge in [-0.2, -0.15) is 0 Å². The minimum Gasteiger partial charge on any atom is -0.497 e. The Balaban J connectivity index is 2.05. The van der Waals surface area contributed by atoms with E-state index in [2.05, 4.69) is 26.1 Å². The zero-order valence-corrected chi connectivity index (χ0v) is 14.1. The number of rotatable bonds is 4. The molecule has 0 radical (unpaired) electrons. The zero-order chi connectivity index (χ0) is 17.0. The van der Waals surface area contributed by atoms with Gasteiger partial charge in [-0.1, -0.05) is 45.0 Å². The van der Waals surface area contributed by atoms with Gasteiger partial charge >= 0.3 is 0 Å². The lowest BCUT2D eigenvalue weighted by molar-refractivity contribution is -0.117. The summed E-state index contributed by atoms with van der Waals surface area (Å²) < 4.78 is 5.10. The van der Waals surface area contributed by atoms with Crippen molar-refractivity contribution < 1.29 is 9.53 Å². The first-order valence-corrected chi connectivity index (χ1v) is 7.62. The van der Waals surface area contributed by atoms with Gasteiger partial charge in [-0.25, -0.2) is 0 Å². The van der Waals surface area contributed by atoms with Crippen LogP contribution in [0.25, 0.3) is 0 Å². The molecule has 0 aromatic heterocycles. The van der Waals surface area contributed by atoms with Gasteiger partial charge in [0.05, 0.1) is 7.11 Å². The highest BCUT2D eigenvalue weighted by Gasteiger charge is 2.17. The first-order valence-electron chi connectivity index (χ1n) is 7.62. The largest absolute Gasteiger partial charge is 0.497 e. The molecular weight excluding hydrogens is 288 g/mol. The lowest BCUT2D eigenvalue weighted by Crippen LogP contribution is -2.27. The molecule has 4 nitrogen and oxygen atoms in total. The highest BCUT2D eigenvalue weighted by Crippen LogP contribution is 2.24. The van der Waals surface area contributed by atoms with Crippen LogP contribution in [0.1, 0.15) is 37.9 Å². The molecule has 0 bridgehead atoms. The molecule has 0 fully saturated rings. The van der Waals surface area contributed by atoms with Gasteiger partial charge in [0.15, 0.2) is 0 Å². The Morgan fingerprint density at radius 1 is 1.04 bits per heavy atom. The van der Waals surface area contributed by atoms with Crippen molar-refractivity contribution in [2.45, 2.75) is 32.2 Å². The number of carbonyl (C=O) groups is 1. The molecule has 0 aliphatic heterocycles. The van der Waals surface area contributed by atoms with Gasteiger partial charge in [0.1, 0.15) is 11.8 Å². The van der Waals surface area contributed by atoms with Gasteiger partial charge < -0.3 is 15.8 Å². The third kappa shape index (κ3) is 4.33. The predicted molar refractivity (Wildman–Crippen MR) is 93.7 cm³/mol. The van der Waals surface area contributed by atoms with E-state index in [4.69, 9.17) is 10.5 Å². The summed E-state index contributed by atoms with van der Waals surface area (Å²) in [6.07, 6.45) is 0. The maximum Gasteiger partial charge on any atom is 0.245 e. The van der Waals surface area contributed by atoms with Gasteiger partial charge in [-0.05, 0) is 40.8 Å². The molecule has 3 N–H and O–H groups in total. The van der Waals surface area contributed by atoms with Crippen LogP contribution in [0, 0.1) is 0 Å². The van der Waals surface area contributed by atoms with Crippen molar-refractivity contribution in [3.63, 3.8) is 0 Å². The summed E-state index contributed by atoms with van der Waals surface area (Å²) in [4.78, 5) is 12.3. The van der Waals surface area contributed by atoms with Crippen LogP contribution in [0.15, 0.2) is 48.5 Å². The van der Waals surface area contributed by atoms with E-state index < -0.39 is 6.04 Å². The molecule has 0 heterocycles. The molecule has 2 aromatic carbocycles. The molecule has 1 amide bonds. The van der Waals surface area contributed by atoms with Gasteiger partial charge in [0, 0.05) is 5.69 Å². The summed E-state index contributed by atoms with van der Waals surface area (Å²) in [5, 5.41) is 2.85. The van der Waals surface area contributed by atoms with Crippen LogP contribution in [-0.2, 0) is 10.2 Å². The fraction of sp³-hybridized carbons (Fsp3) is 0.316. The van der Waals surface area contributed by atoms with E-state index in [1.807, 2.05) is 24.3 Å². The molecule has 0 saturated carbocycles. The standard InChI is InChI=1S/C19H24N2O2/c1-19(2,3)14-7-9-15(10-8-14)21-18(22)17(20)13-5-11-16(23-4)12-6-13/h5-12,17H,20H2,1-4H3,(H,21,22)/t17-/m0/s1. The van der Waals surface area contributed by atoms with Gasteiger partial charge in [0.25, 0.3) is 0 Å². The Hall–Kier alpha value is -2.33. The number of amides is 1. The van der Waals surface area contributed by atoms with E-state index >= 15 is 0 Å². The minimum absolute atomic E-state index is 0.0854. The van der Waals surface area contributed by atoms with E-state index in [0.717, 1.165) is 17.0 Å². The van der Waals surface area contributed by atoms with Crippen LogP contribution in [0.2, 0.25) is 0 Å². The Labute approximate surface area is 137 Å². The van der Waals surface area contributed by atoms with E-state index in [1.165, 1.54) is 5.56 Å². The van der Waals surface area contributed by atoms with Crippen molar-refractivity contribution in [2.75, 3.05) is 12.4 Å². The summed E-state index contributed by atoms with van der Waals surface area (Å²) in [5.41, 5.74) is 8.81. The second-order valence-electron chi connectivity index (χ2n) is 6.57. The molecule has 0 unspecified atom stereocenters. The summed E-state index contributed by atoms with van der Waals surface area (Å²) >= 11 is 0. The monoisotopic (exact) mass is 312 g/mol. The number of hydrogen-bond acceptors (Lipinski definition) is 3. The Morgan fingerprint density at radius 3 is 2.09 bits per heavy atom. The predicted octanol–water partition coefficient (Wildman–Crippen LogP) is 3.63.